The molecular weight excluding hydrogens is 238 g/mol. The average molecular weight is 255 g/mol. The quantitative estimate of drug-likeness (QED) is 0.805. The van der Waals surface area contributed by atoms with Crippen LogP contribution in [0.15, 0.2) is 29.2 Å². The van der Waals surface area contributed by atoms with Gasteiger partial charge in [-0.05, 0) is 37.7 Å². The summed E-state index contributed by atoms with van der Waals surface area (Å²) in [6, 6.07) is 7.22. The molecule has 0 radical (unpaired) electrons. The largest absolute Gasteiger partial charge is 0.370 e. The second-order valence-corrected chi connectivity index (χ2v) is 5.82. The minimum atomic E-state index is -3.59. The number of hydrogen-bond acceptors (Lipinski definition) is 4. The Bertz CT molecular complexity index is 484. The highest BCUT2D eigenvalue weighted by Gasteiger charge is 2.21. The lowest BCUT2D eigenvalue weighted by Crippen LogP contribution is -2.29. The summed E-state index contributed by atoms with van der Waals surface area (Å²) >= 11 is 0. The van der Waals surface area contributed by atoms with Crippen molar-refractivity contribution in [3.8, 4) is 0 Å². The third-order valence-corrected chi connectivity index (χ3v) is 4.06. The summed E-state index contributed by atoms with van der Waals surface area (Å²) in [7, 11) is -1.63. The lowest BCUT2D eigenvalue weighted by atomic mass is 10.3. The Morgan fingerprint density at radius 1 is 1.35 bits per heavy atom. The van der Waals surface area contributed by atoms with Crippen LogP contribution in [0.5, 0.6) is 0 Å². The van der Waals surface area contributed by atoms with Crippen LogP contribution in [0.25, 0.3) is 0 Å². The number of nitrogens with one attached hydrogen (secondary N) is 1. The molecule has 1 fully saturated rings. The molecule has 2 rings (SSSR count). The van der Waals surface area contributed by atoms with Crippen molar-refractivity contribution in [3.63, 3.8) is 0 Å². The molecule has 1 aromatic carbocycles. The van der Waals surface area contributed by atoms with E-state index in [2.05, 4.69) is 10.2 Å². The normalized spacial score (nSPS) is 20.8. The minimum absolute atomic E-state index is 0.158. The molecule has 0 spiro atoms. The van der Waals surface area contributed by atoms with Gasteiger partial charge in [0, 0.05) is 24.8 Å². The minimum Gasteiger partial charge on any atom is -0.370 e. The number of nitrogens with zero attached hydrogens (tertiary/aromatic N) is 1. The lowest BCUT2D eigenvalue weighted by molar-refractivity contribution is 0.598. The molecule has 1 aliphatic heterocycles. The van der Waals surface area contributed by atoms with Crippen LogP contribution in [0.2, 0.25) is 0 Å². The molecule has 17 heavy (non-hydrogen) atoms. The highest BCUT2D eigenvalue weighted by Crippen LogP contribution is 2.21. The summed E-state index contributed by atoms with van der Waals surface area (Å²) in [4.78, 5) is 2.39. The second-order valence-electron chi connectivity index (χ2n) is 4.26. The number of likely N-dealkylation sites (N-methyl/N-ethyl adjacent to an activating group) is 1. The van der Waals surface area contributed by atoms with Crippen LogP contribution < -0.4 is 15.4 Å². The number of rotatable bonds is 3. The Kier molecular flexibility index (Phi) is 3.37. The van der Waals surface area contributed by atoms with Crippen LogP contribution in [0.1, 0.15) is 6.42 Å². The lowest BCUT2D eigenvalue weighted by Gasteiger charge is -2.18. The standard InChI is InChI=1S/C11H17N3O2S/c1-13-9-6-7-14(8-9)10-2-4-11(5-3-10)17(12,15)16/h2-5,9,13H,6-8H2,1H3,(H2,12,15,16). The summed E-state index contributed by atoms with van der Waals surface area (Å²) in [6.45, 7) is 1.94. The average Bonchev–Trinajstić information content (AvgIpc) is 2.76. The molecule has 0 aromatic heterocycles. The van der Waals surface area contributed by atoms with Gasteiger partial charge in [-0.25, -0.2) is 13.6 Å². The molecule has 0 bridgehead atoms. The van der Waals surface area contributed by atoms with Crippen molar-refractivity contribution in [2.24, 2.45) is 5.14 Å². The van der Waals surface area contributed by atoms with E-state index in [4.69, 9.17) is 5.14 Å². The van der Waals surface area contributed by atoms with Crippen LogP contribution in [0.3, 0.4) is 0 Å². The summed E-state index contributed by atoms with van der Waals surface area (Å²) in [6.07, 6.45) is 1.10. The Hall–Kier alpha value is -1.11. The van der Waals surface area contributed by atoms with E-state index in [1.807, 2.05) is 7.05 Å². The van der Waals surface area contributed by atoms with E-state index >= 15 is 0 Å². The molecule has 1 saturated heterocycles. The molecule has 0 amide bonds. The SMILES string of the molecule is CNC1CCN(c2ccc(S(N)(=O)=O)cc2)C1. The highest BCUT2D eigenvalue weighted by molar-refractivity contribution is 7.89. The zero-order valence-electron chi connectivity index (χ0n) is 9.76. The van der Waals surface area contributed by atoms with Crippen LogP contribution in [-0.4, -0.2) is 34.6 Å². The van der Waals surface area contributed by atoms with E-state index in [-0.39, 0.29) is 4.90 Å². The maximum Gasteiger partial charge on any atom is 0.238 e. The van der Waals surface area contributed by atoms with Gasteiger partial charge in [0.2, 0.25) is 10.0 Å². The fourth-order valence-electron chi connectivity index (χ4n) is 2.08. The molecule has 1 aliphatic rings. The Morgan fingerprint density at radius 3 is 2.47 bits per heavy atom. The van der Waals surface area contributed by atoms with E-state index in [0.717, 1.165) is 25.2 Å². The van der Waals surface area contributed by atoms with Crippen molar-refractivity contribution in [1.82, 2.24) is 5.32 Å². The monoisotopic (exact) mass is 255 g/mol. The predicted octanol–water partition coefficient (Wildman–Crippen LogP) is 0.132. The molecule has 1 unspecified atom stereocenters. The summed E-state index contributed by atoms with van der Waals surface area (Å²) in [5.41, 5.74) is 1.04. The van der Waals surface area contributed by atoms with Crippen LogP contribution >= 0.6 is 0 Å². The molecule has 1 aromatic rings. The molecule has 0 saturated carbocycles. The van der Waals surface area contributed by atoms with Gasteiger partial charge in [0.05, 0.1) is 4.90 Å². The number of hydrogen-bond donors (Lipinski definition) is 2. The van der Waals surface area contributed by atoms with E-state index in [0.29, 0.717) is 6.04 Å². The Labute approximate surface area is 102 Å². The highest BCUT2D eigenvalue weighted by atomic mass is 32.2. The topological polar surface area (TPSA) is 75.4 Å². The maximum absolute atomic E-state index is 11.1. The van der Waals surface area contributed by atoms with Gasteiger partial charge >= 0.3 is 0 Å². The third-order valence-electron chi connectivity index (χ3n) is 3.13. The number of primary sulfonamides is 1. The second kappa shape index (κ2) is 4.64. The van der Waals surface area contributed by atoms with Gasteiger partial charge < -0.3 is 10.2 Å². The predicted molar refractivity (Wildman–Crippen MR) is 67.5 cm³/mol. The number of sulfonamides is 1. The van der Waals surface area contributed by atoms with Crippen molar-refractivity contribution >= 4 is 15.7 Å². The zero-order chi connectivity index (χ0) is 12.5. The van der Waals surface area contributed by atoms with E-state index in [9.17, 15) is 8.42 Å². The summed E-state index contributed by atoms with van der Waals surface area (Å²) in [5.74, 6) is 0. The van der Waals surface area contributed by atoms with Crippen molar-refractivity contribution < 1.29 is 8.42 Å². The first-order valence-electron chi connectivity index (χ1n) is 5.56. The van der Waals surface area contributed by atoms with Gasteiger partial charge in [0.1, 0.15) is 0 Å². The van der Waals surface area contributed by atoms with Crippen molar-refractivity contribution in [2.75, 3.05) is 25.0 Å². The van der Waals surface area contributed by atoms with Gasteiger partial charge in [-0.3, -0.25) is 0 Å². The summed E-state index contributed by atoms with van der Waals surface area (Å²) < 4.78 is 22.2. The molecule has 94 valence electrons. The van der Waals surface area contributed by atoms with Gasteiger partial charge in [-0.15, -0.1) is 0 Å². The molecule has 1 atom stereocenters. The number of benzene rings is 1. The fraction of sp³-hybridized carbons (Fsp3) is 0.455. The van der Waals surface area contributed by atoms with Crippen LogP contribution in [0, 0.1) is 0 Å². The first kappa shape index (κ1) is 12.3. The Balaban J connectivity index is 2.14. The maximum atomic E-state index is 11.1. The molecule has 6 heteroatoms. The molecule has 1 heterocycles. The molecule has 3 N–H and O–H groups in total. The smallest absolute Gasteiger partial charge is 0.238 e. The number of anilines is 1. The van der Waals surface area contributed by atoms with Crippen LogP contribution in [-0.2, 0) is 10.0 Å². The number of nitrogens with two attached hydrogens (primary N) is 1. The van der Waals surface area contributed by atoms with Crippen molar-refractivity contribution in [2.45, 2.75) is 17.4 Å². The van der Waals surface area contributed by atoms with Crippen molar-refractivity contribution in [1.29, 1.82) is 0 Å². The molecule has 5 nitrogen and oxygen atoms in total. The third kappa shape index (κ3) is 2.77. The van der Waals surface area contributed by atoms with E-state index in [1.165, 1.54) is 0 Å². The van der Waals surface area contributed by atoms with Gasteiger partial charge in [-0.1, -0.05) is 0 Å². The van der Waals surface area contributed by atoms with E-state index < -0.39 is 10.0 Å². The Morgan fingerprint density at radius 2 is 2.00 bits per heavy atom. The first-order valence-corrected chi connectivity index (χ1v) is 7.10. The van der Waals surface area contributed by atoms with Gasteiger partial charge in [0.15, 0.2) is 0 Å². The first-order chi connectivity index (χ1) is 8.00. The van der Waals surface area contributed by atoms with Crippen molar-refractivity contribution in [3.05, 3.63) is 24.3 Å². The van der Waals surface area contributed by atoms with Crippen LogP contribution in [0.4, 0.5) is 5.69 Å². The zero-order valence-corrected chi connectivity index (χ0v) is 10.6. The molecular formula is C11H17N3O2S. The van der Waals surface area contributed by atoms with Gasteiger partial charge in [-0.2, -0.15) is 0 Å². The van der Waals surface area contributed by atoms with Gasteiger partial charge in [0.25, 0.3) is 0 Å². The molecule has 0 aliphatic carbocycles. The van der Waals surface area contributed by atoms with E-state index in [1.54, 1.807) is 24.3 Å². The summed E-state index contributed by atoms with van der Waals surface area (Å²) in [5, 5.41) is 8.29. The fourth-order valence-corrected chi connectivity index (χ4v) is 2.59.